The highest BCUT2D eigenvalue weighted by Crippen LogP contribution is 2.11. The first-order chi connectivity index (χ1) is 5.77. The molecule has 1 aromatic heterocycles. The monoisotopic (exact) mass is 271 g/mol. The van der Waals surface area contributed by atoms with Crippen LogP contribution in [-0.2, 0) is 0 Å². The Kier molecular flexibility index (Phi) is 1.88. The number of nitrogens with one attached hydrogen (secondary N) is 1. The standard InChI is InChI=1S/C9H6INO/c10-6-1-2-7-8(5-6)11-4-3-9(7)12/h1-5H,(H,11,12). The van der Waals surface area contributed by atoms with Crippen LogP contribution in [0.1, 0.15) is 0 Å². The zero-order valence-corrected chi connectivity index (χ0v) is 8.33. The molecule has 1 N–H and O–H groups in total. The van der Waals surface area contributed by atoms with E-state index in [4.69, 9.17) is 0 Å². The van der Waals surface area contributed by atoms with Gasteiger partial charge in [-0.2, -0.15) is 0 Å². The molecule has 0 saturated heterocycles. The molecule has 0 unspecified atom stereocenters. The van der Waals surface area contributed by atoms with Crippen molar-refractivity contribution in [1.29, 1.82) is 0 Å². The Labute approximate surface area is 82.8 Å². The highest BCUT2D eigenvalue weighted by atomic mass is 127. The number of aromatic nitrogens is 1. The number of rotatable bonds is 0. The first-order valence-corrected chi connectivity index (χ1v) is 4.62. The third-order valence-electron chi connectivity index (χ3n) is 1.72. The summed E-state index contributed by atoms with van der Waals surface area (Å²) in [5.74, 6) is 0. The van der Waals surface area contributed by atoms with E-state index < -0.39 is 0 Å². The first kappa shape index (κ1) is 7.79. The topological polar surface area (TPSA) is 32.9 Å². The largest absolute Gasteiger partial charge is 0.361 e. The number of aromatic amines is 1. The SMILES string of the molecule is O=c1cc[nH]c2cc(I)ccc12. The second-order valence-corrected chi connectivity index (χ2v) is 3.78. The van der Waals surface area contributed by atoms with Gasteiger partial charge in [-0.1, -0.05) is 0 Å². The van der Waals surface area contributed by atoms with Crippen LogP contribution in [0, 0.1) is 3.57 Å². The number of halogens is 1. The lowest BCUT2D eigenvalue weighted by atomic mass is 10.2. The number of pyridine rings is 1. The molecular weight excluding hydrogens is 265 g/mol. The van der Waals surface area contributed by atoms with Gasteiger partial charge in [0, 0.05) is 21.2 Å². The van der Waals surface area contributed by atoms with Crippen molar-refractivity contribution in [2.75, 3.05) is 0 Å². The smallest absolute Gasteiger partial charge is 0.189 e. The third-order valence-corrected chi connectivity index (χ3v) is 2.39. The molecule has 2 aromatic rings. The maximum Gasteiger partial charge on any atom is 0.189 e. The Morgan fingerprint density at radius 3 is 2.92 bits per heavy atom. The van der Waals surface area contributed by atoms with E-state index in [0.717, 1.165) is 14.5 Å². The summed E-state index contributed by atoms with van der Waals surface area (Å²) >= 11 is 2.22. The molecule has 0 bridgehead atoms. The molecule has 0 aliphatic rings. The molecule has 0 spiro atoms. The second-order valence-electron chi connectivity index (χ2n) is 2.53. The number of H-pyrrole nitrogens is 1. The maximum absolute atomic E-state index is 11.3. The summed E-state index contributed by atoms with van der Waals surface area (Å²) in [7, 11) is 0. The number of fused-ring (bicyclic) bond motifs is 1. The molecule has 2 rings (SSSR count). The zero-order chi connectivity index (χ0) is 8.55. The summed E-state index contributed by atoms with van der Waals surface area (Å²) in [6.45, 7) is 0. The van der Waals surface area contributed by atoms with Gasteiger partial charge < -0.3 is 4.98 Å². The summed E-state index contributed by atoms with van der Waals surface area (Å²) in [6, 6.07) is 7.26. The molecule has 0 atom stereocenters. The van der Waals surface area contributed by atoms with Crippen molar-refractivity contribution in [2.45, 2.75) is 0 Å². The lowest BCUT2D eigenvalue weighted by Gasteiger charge is -1.95. The van der Waals surface area contributed by atoms with Gasteiger partial charge in [-0.15, -0.1) is 0 Å². The average Bonchev–Trinajstić information content (AvgIpc) is 2.04. The van der Waals surface area contributed by atoms with Crippen LogP contribution in [0.3, 0.4) is 0 Å². The Hall–Kier alpha value is -0.840. The van der Waals surface area contributed by atoms with Crippen LogP contribution in [-0.4, -0.2) is 4.98 Å². The quantitative estimate of drug-likeness (QED) is 0.731. The summed E-state index contributed by atoms with van der Waals surface area (Å²) in [4.78, 5) is 14.3. The van der Waals surface area contributed by atoms with Crippen molar-refractivity contribution in [3.05, 3.63) is 44.3 Å². The van der Waals surface area contributed by atoms with Crippen molar-refractivity contribution in [3.63, 3.8) is 0 Å². The highest BCUT2D eigenvalue weighted by molar-refractivity contribution is 14.1. The van der Waals surface area contributed by atoms with E-state index in [1.165, 1.54) is 6.07 Å². The molecule has 1 aromatic carbocycles. The molecule has 0 aliphatic heterocycles. The fourth-order valence-corrected chi connectivity index (χ4v) is 1.64. The molecule has 0 amide bonds. The van der Waals surface area contributed by atoms with Gasteiger partial charge in [0.05, 0.1) is 5.52 Å². The van der Waals surface area contributed by atoms with E-state index >= 15 is 0 Å². The van der Waals surface area contributed by atoms with Gasteiger partial charge >= 0.3 is 0 Å². The number of hydrogen-bond donors (Lipinski definition) is 1. The summed E-state index contributed by atoms with van der Waals surface area (Å²) < 4.78 is 1.13. The molecule has 0 saturated carbocycles. The molecule has 0 aliphatic carbocycles. The Balaban J connectivity index is 2.96. The molecular formula is C9H6INO. The van der Waals surface area contributed by atoms with Crippen LogP contribution in [0.15, 0.2) is 35.3 Å². The van der Waals surface area contributed by atoms with Crippen molar-refractivity contribution >= 4 is 33.5 Å². The van der Waals surface area contributed by atoms with Gasteiger partial charge in [-0.25, -0.2) is 0 Å². The van der Waals surface area contributed by atoms with Crippen molar-refractivity contribution in [3.8, 4) is 0 Å². The molecule has 12 heavy (non-hydrogen) atoms. The number of hydrogen-bond acceptors (Lipinski definition) is 1. The molecule has 3 heteroatoms. The lowest BCUT2D eigenvalue weighted by Crippen LogP contribution is -1.99. The van der Waals surface area contributed by atoms with Crippen molar-refractivity contribution < 1.29 is 0 Å². The van der Waals surface area contributed by atoms with Crippen LogP contribution < -0.4 is 5.43 Å². The maximum atomic E-state index is 11.3. The van der Waals surface area contributed by atoms with E-state index in [-0.39, 0.29) is 5.43 Å². The predicted octanol–water partition coefficient (Wildman–Crippen LogP) is 2.13. The molecule has 0 radical (unpaired) electrons. The van der Waals surface area contributed by atoms with Gasteiger partial charge in [-0.05, 0) is 40.8 Å². The summed E-state index contributed by atoms with van der Waals surface area (Å²) in [6.07, 6.45) is 1.67. The van der Waals surface area contributed by atoms with Gasteiger partial charge in [0.1, 0.15) is 0 Å². The van der Waals surface area contributed by atoms with Crippen molar-refractivity contribution in [1.82, 2.24) is 4.98 Å². The Morgan fingerprint density at radius 2 is 2.08 bits per heavy atom. The van der Waals surface area contributed by atoms with Crippen molar-refractivity contribution in [2.24, 2.45) is 0 Å². The van der Waals surface area contributed by atoms with Crippen LogP contribution in [0.25, 0.3) is 10.9 Å². The van der Waals surface area contributed by atoms with Gasteiger partial charge in [0.25, 0.3) is 0 Å². The molecule has 1 heterocycles. The Bertz CT molecular complexity index is 475. The first-order valence-electron chi connectivity index (χ1n) is 3.54. The predicted molar refractivity (Wildman–Crippen MR) is 57.3 cm³/mol. The third kappa shape index (κ3) is 1.24. The summed E-state index contributed by atoms with van der Waals surface area (Å²) in [5, 5.41) is 0.748. The fourth-order valence-electron chi connectivity index (χ4n) is 1.15. The van der Waals surface area contributed by atoms with Crippen LogP contribution in [0.4, 0.5) is 0 Å². The van der Waals surface area contributed by atoms with Gasteiger partial charge in [-0.3, -0.25) is 4.79 Å². The van der Waals surface area contributed by atoms with E-state index in [2.05, 4.69) is 27.6 Å². The minimum absolute atomic E-state index is 0.0696. The second kappa shape index (κ2) is 2.90. The van der Waals surface area contributed by atoms with E-state index in [1.807, 2.05) is 18.2 Å². The van der Waals surface area contributed by atoms with Crippen LogP contribution in [0.5, 0.6) is 0 Å². The normalized spacial score (nSPS) is 10.4. The molecule has 2 nitrogen and oxygen atoms in total. The minimum Gasteiger partial charge on any atom is -0.361 e. The van der Waals surface area contributed by atoms with E-state index in [0.29, 0.717) is 0 Å². The fraction of sp³-hybridized carbons (Fsp3) is 0. The molecule has 0 fully saturated rings. The van der Waals surface area contributed by atoms with Gasteiger partial charge in [0.2, 0.25) is 0 Å². The highest BCUT2D eigenvalue weighted by Gasteiger charge is 1.96. The van der Waals surface area contributed by atoms with E-state index in [9.17, 15) is 4.79 Å². The average molecular weight is 271 g/mol. The summed E-state index contributed by atoms with van der Waals surface area (Å²) in [5.41, 5.74) is 0.967. The number of benzene rings is 1. The molecule has 60 valence electrons. The van der Waals surface area contributed by atoms with E-state index in [1.54, 1.807) is 6.20 Å². The Morgan fingerprint density at radius 1 is 1.25 bits per heavy atom. The van der Waals surface area contributed by atoms with Crippen LogP contribution in [0.2, 0.25) is 0 Å². The minimum atomic E-state index is 0.0696. The lowest BCUT2D eigenvalue weighted by molar-refractivity contribution is 1.39. The zero-order valence-electron chi connectivity index (χ0n) is 6.17. The van der Waals surface area contributed by atoms with Gasteiger partial charge in [0.15, 0.2) is 5.43 Å². The van der Waals surface area contributed by atoms with Crippen LogP contribution >= 0.6 is 22.6 Å².